The molecule has 1 aromatic carbocycles. The van der Waals surface area contributed by atoms with Crippen LogP contribution in [0.2, 0.25) is 0 Å². The fourth-order valence-corrected chi connectivity index (χ4v) is 3.40. The van der Waals surface area contributed by atoms with E-state index in [-0.39, 0.29) is 30.5 Å². The number of carbonyl (C=O) groups excluding carboxylic acids is 1. The van der Waals surface area contributed by atoms with Gasteiger partial charge in [0, 0.05) is 30.6 Å². The third kappa shape index (κ3) is 2.78. The normalized spacial score (nSPS) is 20.2. The van der Waals surface area contributed by atoms with E-state index < -0.39 is 28.8 Å². The number of H-pyrrole nitrogens is 1. The second kappa shape index (κ2) is 6.29. The maximum Gasteiger partial charge on any atom is 0.332 e. The zero-order valence-electron chi connectivity index (χ0n) is 13.5. The van der Waals surface area contributed by atoms with Crippen molar-refractivity contribution in [3.05, 3.63) is 46.0 Å². The summed E-state index contributed by atoms with van der Waals surface area (Å²) in [6.07, 6.45) is 0.744. The molecule has 132 valence electrons. The summed E-state index contributed by atoms with van der Waals surface area (Å²) in [6, 6.07) is 4.76. The standard InChI is InChI=1S/C17H17FN2O5/c1-25-9-17(16(23)24)5-2-6-20(17)15(22)12-8-14(21)19-13-4-3-10(18)7-11(12)13/h3-4,7-8H,2,5-6,9H2,1H3,(H,19,21)(H,23,24). The largest absolute Gasteiger partial charge is 0.479 e. The highest BCUT2D eigenvalue weighted by atomic mass is 19.1. The predicted molar refractivity (Wildman–Crippen MR) is 87.0 cm³/mol. The van der Waals surface area contributed by atoms with Crippen LogP contribution in [0.1, 0.15) is 23.2 Å². The molecule has 1 atom stereocenters. The van der Waals surface area contributed by atoms with Crippen molar-refractivity contribution in [1.82, 2.24) is 9.88 Å². The van der Waals surface area contributed by atoms with E-state index in [1.54, 1.807) is 0 Å². The second-order valence-corrected chi connectivity index (χ2v) is 6.07. The van der Waals surface area contributed by atoms with E-state index in [0.717, 1.165) is 12.1 Å². The molecule has 1 aliphatic rings. The molecule has 0 spiro atoms. The molecule has 0 aliphatic carbocycles. The smallest absolute Gasteiger partial charge is 0.332 e. The number of halogens is 1. The summed E-state index contributed by atoms with van der Waals surface area (Å²) in [5.41, 5.74) is -1.73. The number of nitrogens with zero attached hydrogens (tertiary/aromatic N) is 1. The number of nitrogens with one attached hydrogen (secondary N) is 1. The molecule has 8 heteroatoms. The first-order valence-electron chi connectivity index (χ1n) is 7.76. The van der Waals surface area contributed by atoms with E-state index in [1.807, 2.05) is 0 Å². The lowest BCUT2D eigenvalue weighted by Crippen LogP contribution is -2.56. The molecule has 1 fully saturated rings. The maximum absolute atomic E-state index is 13.6. The average Bonchev–Trinajstić information content (AvgIpc) is 2.99. The van der Waals surface area contributed by atoms with Gasteiger partial charge >= 0.3 is 5.97 Å². The Hall–Kier alpha value is -2.74. The Kier molecular flexibility index (Phi) is 4.30. The van der Waals surface area contributed by atoms with Crippen LogP contribution in [0.3, 0.4) is 0 Å². The minimum absolute atomic E-state index is 0.0260. The zero-order chi connectivity index (χ0) is 18.2. The number of carboxylic acids is 1. The number of ether oxygens (including phenoxy) is 1. The summed E-state index contributed by atoms with van der Waals surface area (Å²) in [4.78, 5) is 40.5. The monoisotopic (exact) mass is 348 g/mol. The Morgan fingerprint density at radius 1 is 1.40 bits per heavy atom. The molecule has 0 bridgehead atoms. The zero-order valence-corrected chi connectivity index (χ0v) is 13.5. The SMILES string of the molecule is COCC1(C(=O)O)CCCN1C(=O)c1cc(=O)[nH]c2ccc(F)cc12. The lowest BCUT2D eigenvalue weighted by Gasteiger charge is -2.34. The molecule has 7 nitrogen and oxygen atoms in total. The molecule has 1 saturated heterocycles. The molecule has 1 aliphatic heterocycles. The summed E-state index contributed by atoms with van der Waals surface area (Å²) >= 11 is 0. The summed E-state index contributed by atoms with van der Waals surface area (Å²) in [5, 5.41) is 9.90. The summed E-state index contributed by atoms with van der Waals surface area (Å²) in [6.45, 7) is 0.0572. The Labute approximate surface area is 142 Å². The van der Waals surface area contributed by atoms with Gasteiger partial charge in [-0.05, 0) is 31.0 Å². The topological polar surface area (TPSA) is 99.7 Å². The van der Waals surface area contributed by atoms with Crippen LogP contribution in [0.25, 0.3) is 10.9 Å². The lowest BCUT2D eigenvalue weighted by molar-refractivity contribution is -0.151. The number of aromatic amines is 1. The molecule has 1 unspecified atom stereocenters. The van der Waals surface area contributed by atoms with E-state index in [0.29, 0.717) is 11.9 Å². The number of carbonyl (C=O) groups is 2. The number of fused-ring (bicyclic) bond motifs is 1. The van der Waals surface area contributed by atoms with Gasteiger partial charge in [0.1, 0.15) is 5.82 Å². The minimum Gasteiger partial charge on any atom is -0.479 e. The van der Waals surface area contributed by atoms with Crippen molar-refractivity contribution in [2.75, 3.05) is 20.3 Å². The van der Waals surface area contributed by atoms with Crippen LogP contribution in [0, 0.1) is 5.82 Å². The van der Waals surface area contributed by atoms with Crippen molar-refractivity contribution < 1.29 is 23.8 Å². The van der Waals surface area contributed by atoms with Crippen LogP contribution in [0.15, 0.2) is 29.1 Å². The van der Waals surface area contributed by atoms with Crippen molar-refractivity contribution in [2.24, 2.45) is 0 Å². The van der Waals surface area contributed by atoms with Gasteiger partial charge < -0.3 is 19.7 Å². The van der Waals surface area contributed by atoms with Crippen LogP contribution in [0.5, 0.6) is 0 Å². The van der Waals surface area contributed by atoms with Gasteiger partial charge in [-0.25, -0.2) is 9.18 Å². The Morgan fingerprint density at radius 2 is 2.16 bits per heavy atom. The highest BCUT2D eigenvalue weighted by Crippen LogP contribution is 2.32. The van der Waals surface area contributed by atoms with Gasteiger partial charge in [-0.15, -0.1) is 0 Å². The first-order valence-corrected chi connectivity index (χ1v) is 7.76. The van der Waals surface area contributed by atoms with Crippen molar-refractivity contribution in [2.45, 2.75) is 18.4 Å². The van der Waals surface area contributed by atoms with Gasteiger partial charge in [0.2, 0.25) is 5.56 Å². The number of likely N-dealkylation sites (tertiary alicyclic amines) is 1. The first-order chi connectivity index (χ1) is 11.9. The van der Waals surface area contributed by atoms with E-state index >= 15 is 0 Å². The highest BCUT2D eigenvalue weighted by Gasteiger charge is 2.50. The highest BCUT2D eigenvalue weighted by molar-refractivity contribution is 6.07. The van der Waals surface area contributed by atoms with Gasteiger partial charge in [-0.3, -0.25) is 9.59 Å². The number of amides is 1. The number of hydrogen-bond acceptors (Lipinski definition) is 4. The Balaban J connectivity index is 2.15. The van der Waals surface area contributed by atoms with Gasteiger partial charge in [0.05, 0.1) is 12.2 Å². The summed E-state index contributed by atoms with van der Waals surface area (Å²) in [7, 11) is 1.36. The molecule has 2 aromatic rings. The van der Waals surface area contributed by atoms with Gasteiger partial charge in [0.15, 0.2) is 5.54 Å². The molecule has 2 N–H and O–H groups in total. The van der Waals surface area contributed by atoms with E-state index in [9.17, 15) is 23.9 Å². The average molecular weight is 348 g/mol. The fraction of sp³-hybridized carbons (Fsp3) is 0.353. The fourth-order valence-electron chi connectivity index (χ4n) is 3.40. The van der Waals surface area contributed by atoms with Crippen molar-refractivity contribution in [1.29, 1.82) is 0 Å². The number of aromatic nitrogens is 1. The quantitative estimate of drug-likeness (QED) is 0.869. The molecule has 1 amide bonds. The van der Waals surface area contributed by atoms with Crippen LogP contribution in [0.4, 0.5) is 4.39 Å². The van der Waals surface area contributed by atoms with E-state index in [4.69, 9.17) is 4.74 Å². The van der Waals surface area contributed by atoms with Crippen molar-refractivity contribution in [3.8, 4) is 0 Å². The second-order valence-electron chi connectivity index (χ2n) is 6.07. The maximum atomic E-state index is 13.6. The molecule has 0 radical (unpaired) electrons. The summed E-state index contributed by atoms with van der Waals surface area (Å²) < 4.78 is 18.7. The molecule has 25 heavy (non-hydrogen) atoms. The first kappa shape index (κ1) is 17.1. The van der Waals surface area contributed by atoms with Crippen LogP contribution < -0.4 is 5.56 Å². The number of rotatable bonds is 4. The van der Waals surface area contributed by atoms with Gasteiger partial charge in [0.25, 0.3) is 5.91 Å². The van der Waals surface area contributed by atoms with Crippen molar-refractivity contribution in [3.63, 3.8) is 0 Å². The molecule has 2 heterocycles. The van der Waals surface area contributed by atoms with Gasteiger partial charge in [-0.1, -0.05) is 0 Å². The molecule has 0 saturated carbocycles. The number of carboxylic acid groups (broad SMARTS) is 1. The number of pyridine rings is 1. The van der Waals surface area contributed by atoms with Gasteiger partial charge in [-0.2, -0.15) is 0 Å². The third-order valence-electron chi connectivity index (χ3n) is 4.55. The molecule has 1 aromatic heterocycles. The summed E-state index contributed by atoms with van der Waals surface area (Å²) in [5.74, 6) is -2.35. The Bertz CT molecular complexity index is 910. The predicted octanol–water partition coefficient (Wildman–Crippen LogP) is 1.37. The van der Waals surface area contributed by atoms with Crippen LogP contribution >= 0.6 is 0 Å². The number of aliphatic carboxylic acids is 1. The van der Waals surface area contributed by atoms with Crippen LogP contribution in [-0.4, -0.2) is 52.7 Å². The number of methoxy groups -OCH3 is 1. The molecule has 3 rings (SSSR count). The molecular formula is C17H17FN2O5. The van der Waals surface area contributed by atoms with E-state index in [1.165, 1.54) is 24.1 Å². The molecular weight excluding hydrogens is 331 g/mol. The van der Waals surface area contributed by atoms with Crippen LogP contribution in [-0.2, 0) is 9.53 Å². The minimum atomic E-state index is -1.49. The third-order valence-corrected chi connectivity index (χ3v) is 4.55. The Morgan fingerprint density at radius 3 is 2.84 bits per heavy atom. The van der Waals surface area contributed by atoms with E-state index in [2.05, 4.69) is 4.98 Å². The number of hydrogen-bond donors (Lipinski definition) is 2. The number of benzene rings is 1. The lowest BCUT2D eigenvalue weighted by atomic mass is 9.96. The van der Waals surface area contributed by atoms with Crippen molar-refractivity contribution >= 4 is 22.8 Å².